The van der Waals surface area contributed by atoms with Crippen molar-refractivity contribution in [2.24, 2.45) is 0 Å². The summed E-state index contributed by atoms with van der Waals surface area (Å²) in [6.07, 6.45) is 0. The Hall–Kier alpha value is -1.66. The van der Waals surface area contributed by atoms with Crippen LogP contribution in [0, 0.1) is 10.1 Å². The lowest BCUT2D eigenvalue weighted by Crippen LogP contribution is -2.46. The molecule has 18 heavy (non-hydrogen) atoms. The van der Waals surface area contributed by atoms with Crippen LogP contribution >= 0.6 is 11.6 Å². The molecule has 7 heteroatoms. The number of benzene rings is 1. The molecule has 0 aliphatic carbocycles. The molecule has 0 fully saturated rings. The normalized spacial score (nSPS) is 11.1. The number of aliphatic hydroxyl groups is 1. The van der Waals surface area contributed by atoms with Crippen molar-refractivity contribution in [1.82, 2.24) is 5.32 Å². The Morgan fingerprint density at radius 3 is 2.67 bits per heavy atom. The number of nitro groups is 1. The highest BCUT2D eigenvalue weighted by Crippen LogP contribution is 2.23. The third-order valence-corrected chi connectivity index (χ3v) is 2.48. The maximum absolute atomic E-state index is 11.9. The molecule has 1 rings (SSSR count). The minimum Gasteiger partial charge on any atom is -0.394 e. The van der Waals surface area contributed by atoms with E-state index in [4.69, 9.17) is 16.7 Å². The highest BCUT2D eigenvalue weighted by molar-refractivity contribution is 6.31. The zero-order valence-corrected chi connectivity index (χ0v) is 10.7. The summed E-state index contributed by atoms with van der Waals surface area (Å²) >= 11 is 5.65. The Labute approximate surface area is 109 Å². The van der Waals surface area contributed by atoms with Gasteiger partial charge in [-0.15, -0.1) is 0 Å². The average molecular weight is 273 g/mol. The second-order valence-corrected chi connectivity index (χ2v) is 4.85. The first-order chi connectivity index (χ1) is 8.26. The summed E-state index contributed by atoms with van der Waals surface area (Å²) in [7, 11) is 0. The molecular weight excluding hydrogens is 260 g/mol. The van der Waals surface area contributed by atoms with Gasteiger partial charge < -0.3 is 10.4 Å². The molecule has 0 unspecified atom stereocenters. The van der Waals surface area contributed by atoms with E-state index in [1.807, 2.05) is 0 Å². The summed E-state index contributed by atoms with van der Waals surface area (Å²) < 4.78 is 0. The second-order valence-electron chi connectivity index (χ2n) is 4.41. The first kappa shape index (κ1) is 14.4. The molecule has 1 aromatic rings. The molecule has 0 heterocycles. The lowest BCUT2D eigenvalue weighted by Gasteiger charge is -2.23. The predicted molar refractivity (Wildman–Crippen MR) is 66.7 cm³/mol. The molecule has 0 saturated heterocycles. The molecule has 0 saturated carbocycles. The Kier molecular flexibility index (Phi) is 4.26. The van der Waals surface area contributed by atoms with Crippen LogP contribution < -0.4 is 5.32 Å². The van der Waals surface area contributed by atoms with E-state index in [-0.39, 0.29) is 22.9 Å². The molecule has 0 aromatic heterocycles. The van der Waals surface area contributed by atoms with Gasteiger partial charge in [-0.05, 0) is 26.0 Å². The number of hydrogen-bond donors (Lipinski definition) is 2. The van der Waals surface area contributed by atoms with Crippen LogP contribution in [0.15, 0.2) is 18.2 Å². The summed E-state index contributed by atoms with van der Waals surface area (Å²) in [5.74, 6) is -0.627. The molecular formula is C11H13ClN2O4. The zero-order valence-electron chi connectivity index (χ0n) is 9.94. The lowest BCUT2D eigenvalue weighted by atomic mass is 10.1. The number of nitrogens with one attached hydrogen (secondary N) is 1. The average Bonchev–Trinajstić information content (AvgIpc) is 2.28. The molecule has 6 nitrogen and oxygen atoms in total. The van der Waals surface area contributed by atoms with Gasteiger partial charge in [0.2, 0.25) is 0 Å². The Balaban J connectivity index is 3.10. The van der Waals surface area contributed by atoms with E-state index in [0.717, 1.165) is 6.07 Å². The van der Waals surface area contributed by atoms with Crippen LogP contribution in [0.1, 0.15) is 24.2 Å². The first-order valence-electron chi connectivity index (χ1n) is 5.14. The van der Waals surface area contributed by atoms with Crippen LogP contribution in [-0.4, -0.2) is 28.1 Å². The third-order valence-electron chi connectivity index (χ3n) is 2.25. The van der Waals surface area contributed by atoms with Crippen LogP contribution in [0.3, 0.4) is 0 Å². The molecule has 0 atom stereocenters. The number of rotatable bonds is 4. The second kappa shape index (κ2) is 5.32. The molecule has 2 N–H and O–H groups in total. The largest absolute Gasteiger partial charge is 0.394 e. The minimum atomic E-state index is -0.857. The topological polar surface area (TPSA) is 92.5 Å². The van der Waals surface area contributed by atoms with E-state index in [0.29, 0.717) is 0 Å². The van der Waals surface area contributed by atoms with Gasteiger partial charge in [0.1, 0.15) is 5.56 Å². The smallest absolute Gasteiger partial charge is 0.283 e. The molecule has 0 aliphatic heterocycles. The van der Waals surface area contributed by atoms with Gasteiger partial charge in [0.15, 0.2) is 0 Å². The number of amides is 1. The van der Waals surface area contributed by atoms with Crippen molar-refractivity contribution in [1.29, 1.82) is 0 Å². The standard InChI is InChI=1S/C11H13ClN2O4/c1-11(2,6-15)13-10(16)8-4-3-7(12)5-9(8)14(17)18/h3-5,15H,6H2,1-2H3,(H,13,16). The van der Waals surface area contributed by atoms with E-state index < -0.39 is 16.4 Å². The van der Waals surface area contributed by atoms with Crippen LogP contribution in [0.5, 0.6) is 0 Å². The minimum absolute atomic E-state index is 0.0917. The fraction of sp³-hybridized carbons (Fsp3) is 0.364. The molecule has 0 aliphatic rings. The van der Waals surface area contributed by atoms with Crippen molar-refractivity contribution in [3.63, 3.8) is 0 Å². The van der Waals surface area contributed by atoms with Gasteiger partial charge >= 0.3 is 0 Å². The van der Waals surface area contributed by atoms with Crippen molar-refractivity contribution in [2.45, 2.75) is 19.4 Å². The highest BCUT2D eigenvalue weighted by atomic mass is 35.5. The highest BCUT2D eigenvalue weighted by Gasteiger charge is 2.25. The summed E-state index contributed by atoms with van der Waals surface area (Å²) in [6.45, 7) is 2.93. The van der Waals surface area contributed by atoms with Gasteiger partial charge in [0.25, 0.3) is 11.6 Å². The summed E-state index contributed by atoms with van der Waals surface area (Å²) in [5.41, 5.74) is -1.32. The summed E-state index contributed by atoms with van der Waals surface area (Å²) in [4.78, 5) is 22.0. The van der Waals surface area contributed by atoms with E-state index in [2.05, 4.69) is 5.32 Å². The van der Waals surface area contributed by atoms with Crippen molar-refractivity contribution in [2.75, 3.05) is 6.61 Å². The van der Waals surface area contributed by atoms with Crippen LogP contribution in [0.2, 0.25) is 5.02 Å². The van der Waals surface area contributed by atoms with E-state index in [1.54, 1.807) is 13.8 Å². The van der Waals surface area contributed by atoms with Crippen molar-refractivity contribution < 1.29 is 14.8 Å². The van der Waals surface area contributed by atoms with Crippen molar-refractivity contribution in [3.05, 3.63) is 38.9 Å². The number of carbonyl (C=O) groups is 1. The van der Waals surface area contributed by atoms with Gasteiger partial charge in [0.05, 0.1) is 17.1 Å². The maximum atomic E-state index is 11.9. The number of aliphatic hydroxyl groups excluding tert-OH is 1. The molecule has 1 aromatic carbocycles. The molecule has 0 bridgehead atoms. The lowest BCUT2D eigenvalue weighted by molar-refractivity contribution is -0.385. The van der Waals surface area contributed by atoms with Gasteiger partial charge in [-0.25, -0.2) is 0 Å². The molecule has 0 radical (unpaired) electrons. The molecule has 1 amide bonds. The van der Waals surface area contributed by atoms with Crippen LogP contribution in [0.4, 0.5) is 5.69 Å². The number of nitro benzene ring substituents is 1. The van der Waals surface area contributed by atoms with Crippen LogP contribution in [0.25, 0.3) is 0 Å². The Bertz CT molecular complexity index is 488. The fourth-order valence-electron chi connectivity index (χ4n) is 1.26. The number of carbonyl (C=O) groups excluding carboxylic acids is 1. The summed E-state index contributed by atoms with van der Waals surface area (Å²) in [6, 6.07) is 3.79. The van der Waals surface area contributed by atoms with Gasteiger partial charge in [-0.2, -0.15) is 0 Å². The van der Waals surface area contributed by atoms with Crippen molar-refractivity contribution in [3.8, 4) is 0 Å². The monoisotopic (exact) mass is 272 g/mol. The van der Waals surface area contributed by atoms with Crippen molar-refractivity contribution >= 4 is 23.2 Å². The summed E-state index contributed by atoms with van der Waals surface area (Å²) in [5, 5.41) is 22.6. The molecule has 0 spiro atoms. The Morgan fingerprint density at radius 2 is 2.17 bits per heavy atom. The predicted octanol–water partition coefficient (Wildman–Crippen LogP) is 1.75. The van der Waals surface area contributed by atoms with E-state index >= 15 is 0 Å². The van der Waals surface area contributed by atoms with Crippen LogP contribution in [-0.2, 0) is 0 Å². The molecule has 98 valence electrons. The zero-order chi connectivity index (χ0) is 13.9. The fourth-order valence-corrected chi connectivity index (χ4v) is 1.43. The SMILES string of the molecule is CC(C)(CO)NC(=O)c1ccc(Cl)cc1[N+](=O)[O-]. The van der Waals surface area contributed by atoms with Gasteiger partial charge in [-0.1, -0.05) is 11.6 Å². The van der Waals surface area contributed by atoms with Gasteiger partial charge in [0, 0.05) is 11.1 Å². The quantitative estimate of drug-likeness (QED) is 0.645. The van der Waals surface area contributed by atoms with Gasteiger partial charge in [-0.3, -0.25) is 14.9 Å². The number of hydrogen-bond acceptors (Lipinski definition) is 4. The van der Waals surface area contributed by atoms with E-state index in [1.165, 1.54) is 12.1 Å². The maximum Gasteiger partial charge on any atom is 0.283 e. The number of nitrogens with zero attached hydrogens (tertiary/aromatic N) is 1. The first-order valence-corrected chi connectivity index (χ1v) is 5.52. The third kappa shape index (κ3) is 3.41. The van der Waals surface area contributed by atoms with E-state index in [9.17, 15) is 14.9 Å². The number of halogens is 1. The Morgan fingerprint density at radius 1 is 1.56 bits per heavy atom.